The maximum absolute atomic E-state index is 13.0. The van der Waals surface area contributed by atoms with Gasteiger partial charge in [0, 0.05) is 11.8 Å². The first-order valence-electron chi connectivity index (χ1n) is 11.5. The van der Waals surface area contributed by atoms with Crippen molar-refractivity contribution >= 4 is 17.7 Å². The molecule has 0 bridgehead atoms. The SMILES string of the molecule is CCOC(=O)OCC(=O)[C@@]1(O)CC[C@H]2[C@@H]3CCC4=CC(=O)CC[C@]4(C)[C@H]3[C@@H](O)C[C@@]21C. The summed E-state index contributed by atoms with van der Waals surface area (Å²) in [5.41, 5.74) is -1.49. The third kappa shape index (κ3) is 3.27. The average molecular weight is 435 g/mol. The topological polar surface area (TPSA) is 110 Å². The number of allylic oxidation sites excluding steroid dienone is 1. The third-order valence-electron chi connectivity index (χ3n) is 9.09. The van der Waals surface area contributed by atoms with Gasteiger partial charge in [-0.3, -0.25) is 9.59 Å². The number of aliphatic hydroxyl groups is 2. The lowest BCUT2D eigenvalue weighted by molar-refractivity contribution is -0.182. The first-order valence-corrected chi connectivity index (χ1v) is 11.5. The van der Waals surface area contributed by atoms with Gasteiger partial charge in [0.2, 0.25) is 5.78 Å². The van der Waals surface area contributed by atoms with E-state index in [9.17, 15) is 24.6 Å². The van der Waals surface area contributed by atoms with Crippen LogP contribution in [0.3, 0.4) is 0 Å². The lowest BCUT2D eigenvalue weighted by Crippen LogP contribution is -2.62. The van der Waals surface area contributed by atoms with E-state index < -0.39 is 35.7 Å². The zero-order valence-corrected chi connectivity index (χ0v) is 18.7. The van der Waals surface area contributed by atoms with Crippen LogP contribution in [-0.2, 0) is 19.1 Å². The van der Waals surface area contributed by atoms with Crippen molar-refractivity contribution < 1.29 is 34.1 Å². The van der Waals surface area contributed by atoms with Crippen LogP contribution in [0.15, 0.2) is 11.6 Å². The molecule has 0 aromatic heterocycles. The maximum Gasteiger partial charge on any atom is 0.508 e. The van der Waals surface area contributed by atoms with E-state index in [1.165, 1.54) is 0 Å². The van der Waals surface area contributed by atoms with Crippen molar-refractivity contribution in [3.63, 3.8) is 0 Å². The molecule has 3 saturated carbocycles. The van der Waals surface area contributed by atoms with Crippen molar-refractivity contribution in [3.05, 3.63) is 11.6 Å². The van der Waals surface area contributed by atoms with E-state index in [0.29, 0.717) is 25.7 Å². The number of hydrogen-bond acceptors (Lipinski definition) is 7. The van der Waals surface area contributed by atoms with E-state index in [1.807, 2.05) is 6.92 Å². The Balaban J connectivity index is 1.59. The average Bonchev–Trinajstić information content (AvgIpc) is 2.98. The lowest BCUT2D eigenvalue weighted by atomic mass is 9.45. The summed E-state index contributed by atoms with van der Waals surface area (Å²) < 4.78 is 9.62. The van der Waals surface area contributed by atoms with Crippen LogP contribution in [0.4, 0.5) is 4.79 Å². The van der Waals surface area contributed by atoms with Crippen molar-refractivity contribution in [1.82, 2.24) is 0 Å². The van der Waals surface area contributed by atoms with Crippen molar-refractivity contribution in [2.24, 2.45) is 28.6 Å². The Hall–Kier alpha value is -1.73. The van der Waals surface area contributed by atoms with Gasteiger partial charge in [-0.2, -0.15) is 0 Å². The second-order valence-electron chi connectivity index (χ2n) is 10.4. The first-order chi connectivity index (χ1) is 14.6. The van der Waals surface area contributed by atoms with Crippen molar-refractivity contribution in [1.29, 1.82) is 0 Å². The number of carbonyl (C=O) groups is 3. The first kappa shape index (κ1) is 22.5. The summed E-state index contributed by atoms with van der Waals surface area (Å²) in [6.45, 7) is 5.34. The number of ketones is 2. The van der Waals surface area contributed by atoms with Gasteiger partial charge in [-0.25, -0.2) is 4.79 Å². The zero-order valence-electron chi connectivity index (χ0n) is 18.7. The minimum atomic E-state index is -1.64. The molecule has 0 radical (unpaired) electrons. The van der Waals surface area contributed by atoms with E-state index in [4.69, 9.17) is 9.47 Å². The van der Waals surface area contributed by atoms with Crippen LogP contribution in [-0.4, -0.2) is 52.9 Å². The second-order valence-corrected chi connectivity index (χ2v) is 10.4. The molecule has 31 heavy (non-hydrogen) atoms. The minimum absolute atomic E-state index is 0.0203. The number of fused-ring (bicyclic) bond motifs is 5. The molecule has 4 aliphatic rings. The van der Waals surface area contributed by atoms with E-state index in [2.05, 4.69) is 6.92 Å². The molecule has 7 nitrogen and oxygen atoms in total. The van der Waals surface area contributed by atoms with Gasteiger partial charge in [-0.1, -0.05) is 19.4 Å². The highest BCUT2D eigenvalue weighted by Crippen LogP contribution is 2.67. The maximum atomic E-state index is 13.0. The molecule has 2 N–H and O–H groups in total. The number of rotatable bonds is 4. The number of aliphatic hydroxyl groups excluding tert-OH is 1. The molecule has 0 spiro atoms. The van der Waals surface area contributed by atoms with Gasteiger partial charge in [0.15, 0.2) is 12.4 Å². The molecule has 4 aliphatic carbocycles. The van der Waals surface area contributed by atoms with Gasteiger partial charge in [0.1, 0.15) is 5.60 Å². The standard InChI is InChI=1S/C24H34O7/c1-4-30-21(28)31-13-19(27)24(29)10-8-17-16-6-5-14-11-15(25)7-9-22(14,2)20(16)18(26)12-23(17,24)3/h11,16-18,20,26,29H,4-10,12-13H2,1-3H3/t16-,17-,18-,20+,22-,23-,24-/m0/s1. The van der Waals surface area contributed by atoms with Gasteiger partial charge in [0.25, 0.3) is 0 Å². The number of ether oxygens (including phenoxy) is 2. The summed E-state index contributed by atoms with van der Waals surface area (Å²) in [4.78, 5) is 36.5. The molecule has 0 saturated heterocycles. The van der Waals surface area contributed by atoms with Gasteiger partial charge in [0.05, 0.1) is 12.7 Å². The molecule has 0 aliphatic heterocycles. The Morgan fingerprint density at radius 3 is 2.61 bits per heavy atom. The van der Waals surface area contributed by atoms with Crippen LogP contribution >= 0.6 is 0 Å². The molecular weight excluding hydrogens is 400 g/mol. The summed E-state index contributed by atoms with van der Waals surface area (Å²) in [5, 5.41) is 22.9. The normalized spacial score (nSPS) is 43.9. The Bertz CT molecular complexity index is 819. The minimum Gasteiger partial charge on any atom is -0.435 e. The summed E-state index contributed by atoms with van der Waals surface area (Å²) in [7, 11) is 0. The predicted molar refractivity (Wildman–Crippen MR) is 111 cm³/mol. The van der Waals surface area contributed by atoms with E-state index in [-0.39, 0.29) is 35.6 Å². The molecule has 7 atom stereocenters. The second kappa shape index (κ2) is 7.69. The highest BCUT2D eigenvalue weighted by atomic mass is 16.7. The van der Waals surface area contributed by atoms with Crippen LogP contribution in [0.2, 0.25) is 0 Å². The summed E-state index contributed by atoms with van der Waals surface area (Å²) in [6, 6.07) is 0. The Morgan fingerprint density at radius 1 is 1.16 bits per heavy atom. The lowest BCUT2D eigenvalue weighted by Gasteiger charge is -2.60. The zero-order chi connectivity index (χ0) is 22.6. The van der Waals surface area contributed by atoms with Gasteiger partial charge in [-0.05, 0) is 74.7 Å². The molecule has 0 unspecified atom stereocenters. The number of Topliss-reactive ketones (excluding diaryl/α,β-unsaturated/α-hetero) is 1. The molecular formula is C24H34O7. The Morgan fingerprint density at radius 2 is 1.90 bits per heavy atom. The fourth-order valence-corrected chi connectivity index (χ4v) is 7.55. The van der Waals surface area contributed by atoms with Gasteiger partial charge >= 0.3 is 6.16 Å². The summed E-state index contributed by atoms with van der Waals surface area (Å²) in [5.74, 6) is -0.0668. The Labute approximate surface area is 183 Å². The molecule has 4 rings (SSSR count). The highest BCUT2D eigenvalue weighted by molar-refractivity contribution is 5.92. The van der Waals surface area contributed by atoms with E-state index in [1.54, 1.807) is 13.0 Å². The fourth-order valence-electron chi connectivity index (χ4n) is 7.55. The van der Waals surface area contributed by atoms with Crippen LogP contribution in [0, 0.1) is 28.6 Å². The molecule has 3 fully saturated rings. The van der Waals surface area contributed by atoms with Crippen molar-refractivity contribution in [2.45, 2.75) is 77.4 Å². The monoisotopic (exact) mass is 434 g/mol. The molecule has 0 amide bonds. The highest BCUT2D eigenvalue weighted by Gasteiger charge is 2.68. The predicted octanol–water partition coefficient (Wildman–Crippen LogP) is 2.96. The molecule has 0 aromatic rings. The summed E-state index contributed by atoms with van der Waals surface area (Å²) >= 11 is 0. The quantitative estimate of drug-likeness (QED) is 0.655. The van der Waals surface area contributed by atoms with Crippen LogP contribution in [0.25, 0.3) is 0 Å². The van der Waals surface area contributed by atoms with Gasteiger partial charge < -0.3 is 19.7 Å². The van der Waals surface area contributed by atoms with Crippen LogP contribution in [0.1, 0.15) is 65.7 Å². The molecule has 0 heterocycles. The molecule has 7 heteroatoms. The fraction of sp³-hybridized carbons (Fsp3) is 0.792. The molecule has 172 valence electrons. The largest absolute Gasteiger partial charge is 0.508 e. The number of carbonyl (C=O) groups excluding carboxylic acids is 3. The summed E-state index contributed by atoms with van der Waals surface area (Å²) in [6.07, 6.45) is 4.43. The van der Waals surface area contributed by atoms with Crippen molar-refractivity contribution in [3.8, 4) is 0 Å². The smallest absolute Gasteiger partial charge is 0.435 e. The molecule has 0 aromatic carbocycles. The Kier molecular flexibility index (Phi) is 5.58. The number of hydrogen-bond donors (Lipinski definition) is 2. The van der Waals surface area contributed by atoms with Crippen LogP contribution in [0.5, 0.6) is 0 Å². The van der Waals surface area contributed by atoms with E-state index >= 15 is 0 Å². The van der Waals surface area contributed by atoms with E-state index in [0.717, 1.165) is 24.8 Å². The third-order valence-corrected chi connectivity index (χ3v) is 9.09. The van der Waals surface area contributed by atoms with Crippen LogP contribution < -0.4 is 0 Å². The van der Waals surface area contributed by atoms with Gasteiger partial charge in [-0.15, -0.1) is 0 Å². The van der Waals surface area contributed by atoms with Crippen molar-refractivity contribution in [2.75, 3.05) is 13.2 Å².